The van der Waals surface area contributed by atoms with Crippen molar-refractivity contribution in [2.24, 2.45) is 0 Å². The normalized spacial score (nSPS) is 16.2. The maximum atomic E-state index is 12.5. The third-order valence-corrected chi connectivity index (χ3v) is 5.78. The zero-order valence-corrected chi connectivity index (χ0v) is 17.4. The lowest BCUT2D eigenvalue weighted by atomic mass is 9.92. The highest BCUT2D eigenvalue weighted by Gasteiger charge is 2.43. The van der Waals surface area contributed by atoms with E-state index < -0.39 is 21.4 Å². The molecule has 0 spiro atoms. The zero-order chi connectivity index (χ0) is 20.7. The van der Waals surface area contributed by atoms with Crippen LogP contribution in [0.3, 0.4) is 0 Å². The largest absolute Gasteiger partial charge is 0.449 e. The number of cyclic esters (lactones) is 1. The number of rotatable bonds is 5. The first kappa shape index (κ1) is 20.1. The topological polar surface area (TPSA) is 82.6 Å². The van der Waals surface area contributed by atoms with Crippen LogP contribution in [0.5, 0.6) is 5.75 Å². The molecule has 7 heteroatoms. The van der Waals surface area contributed by atoms with Crippen LogP contribution in [0.25, 0.3) is 5.57 Å². The fourth-order valence-electron chi connectivity index (χ4n) is 3.27. The van der Waals surface area contributed by atoms with E-state index in [0.717, 1.165) is 23.9 Å². The van der Waals surface area contributed by atoms with Crippen LogP contribution in [0, 0.1) is 6.92 Å². The quantitative estimate of drug-likeness (QED) is 0.714. The molecule has 0 amide bonds. The molecule has 0 saturated carbocycles. The summed E-state index contributed by atoms with van der Waals surface area (Å²) >= 11 is 0. The molecular weight excluding hydrogens is 378 g/mol. The van der Waals surface area contributed by atoms with Crippen molar-refractivity contribution in [1.29, 1.82) is 0 Å². The summed E-state index contributed by atoms with van der Waals surface area (Å²) < 4.78 is 34.8. The Bertz CT molecular complexity index is 1070. The SMILES string of the molecule is CCc1ncc(OC2=C(c3ccc(S(C)(=O)=O)cc3)C(C)(C)OC2=O)cc1C. The number of hydrogen-bond acceptors (Lipinski definition) is 6. The molecule has 1 aromatic carbocycles. The van der Waals surface area contributed by atoms with Crippen LogP contribution in [0.2, 0.25) is 0 Å². The first-order chi connectivity index (χ1) is 13.0. The number of sulfone groups is 1. The Balaban J connectivity index is 2.06. The molecular formula is C21H23NO5S. The summed E-state index contributed by atoms with van der Waals surface area (Å²) in [6.45, 7) is 7.50. The first-order valence-corrected chi connectivity index (χ1v) is 10.8. The molecule has 2 aromatic rings. The van der Waals surface area contributed by atoms with E-state index in [1.165, 1.54) is 12.1 Å². The number of carbonyl (C=O) groups is 1. The Morgan fingerprint density at radius 3 is 2.36 bits per heavy atom. The van der Waals surface area contributed by atoms with Gasteiger partial charge in [0.05, 0.1) is 16.7 Å². The maximum absolute atomic E-state index is 12.5. The number of hydrogen-bond donors (Lipinski definition) is 0. The van der Waals surface area contributed by atoms with E-state index in [0.29, 0.717) is 16.9 Å². The van der Waals surface area contributed by atoms with Crippen LogP contribution in [-0.4, -0.2) is 31.2 Å². The van der Waals surface area contributed by atoms with Crippen molar-refractivity contribution in [2.45, 2.75) is 44.6 Å². The minimum absolute atomic E-state index is 0.0857. The molecule has 1 aliphatic heterocycles. The highest BCUT2D eigenvalue weighted by Crippen LogP contribution is 2.40. The second-order valence-electron chi connectivity index (χ2n) is 7.29. The number of esters is 1. The molecule has 3 rings (SSSR count). The van der Waals surface area contributed by atoms with Gasteiger partial charge < -0.3 is 9.47 Å². The van der Waals surface area contributed by atoms with Gasteiger partial charge in [-0.1, -0.05) is 19.1 Å². The van der Waals surface area contributed by atoms with Crippen molar-refractivity contribution in [1.82, 2.24) is 4.98 Å². The van der Waals surface area contributed by atoms with E-state index in [2.05, 4.69) is 4.98 Å². The van der Waals surface area contributed by atoms with E-state index in [4.69, 9.17) is 9.47 Å². The molecule has 28 heavy (non-hydrogen) atoms. The van der Waals surface area contributed by atoms with Gasteiger partial charge in [-0.3, -0.25) is 4.98 Å². The van der Waals surface area contributed by atoms with Crippen molar-refractivity contribution >= 4 is 21.4 Å². The molecule has 0 aliphatic carbocycles. The smallest absolute Gasteiger partial charge is 0.375 e. The summed E-state index contributed by atoms with van der Waals surface area (Å²) in [4.78, 5) is 17.1. The number of aryl methyl sites for hydroxylation is 2. The molecule has 0 atom stereocenters. The standard InChI is InChI=1S/C21H23NO5S/c1-6-17-13(2)11-15(12-22-17)26-19-18(21(3,4)27-20(19)23)14-7-9-16(10-8-14)28(5,24)25/h7-12H,6H2,1-5H3. The Labute approximate surface area is 165 Å². The summed E-state index contributed by atoms with van der Waals surface area (Å²) in [6, 6.07) is 8.17. The van der Waals surface area contributed by atoms with Gasteiger partial charge in [0.25, 0.3) is 0 Å². The van der Waals surface area contributed by atoms with Crippen LogP contribution in [0.4, 0.5) is 0 Å². The van der Waals surface area contributed by atoms with Gasteiger partial charge in [0.1, 0.15) is 11.4 Å². The third-order valence-electron chi connectivity index (χ3n) is 4.65. The van der Waals surface area contributed by atoms with Gasteiger partial charge in [-0.25, -0.2) is 13.2 Å². The second kappa shape index (κ2) is 7.05. The summed E-state index contributed by atoms with van der Waals surface area (Å²) in [5.74, 6) is -0.0310. The minimum atomic E-state index is -3.31. The van der Waals surface area contributed by atoms with Crippen molar-refractivity contribution in [3.8, 4) is 5.75 Å². The van der Waals surface area contributed by atoms with E-state index >= 15 is 0 Å². The molecule has 0 bridgehead atoms. The average Bonchev–Trinajstić information content (AvgIpc) is 2.82. The van der Waals surface area contributed by atoms with Crippen molar-refractivity contribution in [3.63, 3.8) is 0 Å². The Hall–Kier alpha value is -2.67. The molecule has 2 heterocycles. The van der Waals surface area contributed by atoms with Crippen LogP contribution >= 0.6 is 0 Å². The van der Waals surface area contributed by atoms with Gasteiger partial charge in [0.2, 0.25) is 5.76 Å². The molecule has 0 saturated heterocycles. The minimum Gasteiger partial charge on any atom is -0.449 e. The number of nitrogens with zero attached hydrogens (tertiary/aromatic N) is 1. The fraction of sp³-hybridized carbons (Fsp3) is 0.333. The summed E-state index contributed by atoms with van der Waals surface area (Å²) in [5.41, 5.74) is 2.26. The predicted molar refractivity (Wildman–Crippen MR) is 106 cm³/mol. The average molecular weight is 401 g/mol. The summed E-state index contributed by atoms with van der Waals surface area (Å²) in [6.07, 6.45) is 3.54. The number of benzene rings is 1. The van der Waals surface area contributed by atoms with Crippen molar-refractivity contribution in [2.75, 3.05) is 6.26 Å². The molecule has 6 nitrogen and oxygen atoms in total. The lowest BCUT2D eigenvalue weighted by Crippen LogP contribution is -2.22. The zero-order valence-electron chi connectivity index (χ0n) is 16.6. The summed E-state index contributed by atoms with van der Waals surface area (Å²) in [7, 11) is -3.31. The van der Waals surface area contributed by atoms with Gasteiger partial charge in [0, 0.05) is 11.9 Å². The fourth-order valence-corrected chi connectivity index (χ4v) is 3.90. The van der Waals surface area contributed by atoms with Crippen LogP contribution < -0.4 is 4.74 Å². The first-order valence-electron chi connectivity index (χ1n) is 8.95. The van der Waals surface area contributed by atoms with E-state index in [-0.39, 0.29) is 10.7 Å². The Kier molecular flexibility index (Phi) is 5.06. The monoisotopic (exact) mass is 401 g/mol. The van der Waals surface area contributed by atoms with Crippen LogP contribution in [-0.2, 0) is 25.8 Å². The number of ether oxygens (including phenoxy) is 2. The summed E-state index contributed by atoms with van der Waals surface area (Å²) in [5, 5.41) is 0. The van der Waals surface area contributed by atoms with Crippen LogP contribution in [0.15, 0.2) is 47.2 Å². The molecule has 0 unspecified atom stereocenters. The van der Waals surface area contributed by atoms with Gasteiger partial charge in [-0.15, -0.1) is 0 Å². The molecule has 1 aromatic heterocycles. The van der Waals surface area contributed by atoms with E-state index in [1.807, 2.05) is 19.9 Å². The van der Waals surface area contributed by atoms with Crippen LogP contribution in [0.1, 0.15) is 37.6 Å². The van der Waals surface area contributed by atoms with Gasteiger partial charge in [-0.05, 0) is 56.5 Å². The molecule has 0 radical (unpaired) electrons. The molecule has 0 fully saturated rings. The maximum Gasteiger partial charge on any atom is 0.375 e. The Morgan fingerprint density at radius 2 is 1.82 bits per heavy atom. The third kappa shape index (κ3) is 3.80. The van der Waals surface area contributed by atoms with Gasteiger partial charge in [-0.2, -0.15) is 0 Å². The Morgan fingerprint density at radius 1 is 1.18 bits per heavy atom. The molecule has 1 aliphatic rings. The highest BCUT2D eigenvalue weighted by molar-refractivity contribution is 7.90. The lowest BCUT2D eigenvalue weighted by molar-refractivity contribution is -0.145. The number of carbonyl (C=O) groups excluding carboxylic acids is 1. The van der Waals surface area contributed by atoms with E-state index in [9.17, 15) is 13.2 Å². The predicted octanol–water partition coefficient (Wildman–Crippen LogP) is 3.48. The van der Waals surface area contributed by atoms with Crippen molar-refractivity contribution < 1.29 is 22.7 Å². The molecule has 0 N–H and O–H groups in total. The van der Waals surface area contributed by atoms with Crippen molar-refractivity contribution in [3.05, 3.63) is 59.1 Å². The van der Waals surface area contributed by atoms with Gasteiger partial charge >= 0.3 is 5.97 Å². The molecule has 148 valence electrons. The second-order valence-corrected chi connectivity index (χ2v) is 9.31. The van der Waals surface area contributed by atoms with E-state index in [1.54, 1.807) is 32.2 Å². The number of aromatic nitrogens is 1. The number of pyridine rings is 1. The van der Waals surface area contributed by atoms with Gasteiger partial charge in [0.15, 0.2) is 9.84 Å². The lowest BCUT2D eigenvalue weighted by Gasteiger charge is -2.21. The highest BCUT2D eigenvalue weighted by atomic mass is 32.2.